The van der Waals surface area contributed by atoms with E-state index in [1.165, 1.54) is 24.2 Å². The smallest absolute Gasteiger partial charge is 0.323 e. The van der Waals surface area contributed by atoms with E-state index >= 15 is 0 Å². The van der Waals surface area contributed by atoms with Gasteiger partial charge in [0.15, 0.2) is 5.41 Å². The minimum absolute atomic E-state index is 0.0483. The van der Waals surface area contributed by atoms with Gasteiger partial charge in [-0.05, 0) is 38.0 Å². The Bertz CT molecular complexity index is 432. The van der Waals surface area contributed by atoms with Crippen LogP contribution in [0.1, 0.15) is 54.9 Å². The standard InChI is InChI=1S/C20H38O4Si/c1-8-23-18(21)20(19(22)24-9-2)13-17(15(6)16(20)7)14-25(10-3,11-4)12-5/h15-17H,8-14H2,1-7H3/t15-,16?,17+/m1/s1. The first-order chi connectivity index (χ1) is 11.8. The predicted octanol–water partition coefficient (Wildman–Crippen LogP) is 4.90. The summed E-state index contributed by atoms with van der Waals surface area (Å²) in [5.74, 6) is -0.0901. The zero-order chi connectivity index (χ0) is 19.3. The third-order valence-electron chi connectivity index (χ3n) is 7.12. The summed E-state index contributed by atoms with van der Waals surface area (Å²) in [6, 6.07) is 5.00. The Balaban J connectivity index is 3.20. The summed E-state index contributed by atoms with van der Waals surface area (Å²) in [7, 11) is -1.33. The van der Waals surface area contributed by atoms with E-state index in [9.17, 15) is 9.59 Å². The van der Waals surface area contributed by atoms with E-state index in [-0.39, 0.29) is 17.9 Å². The highest BCUT2D eigenvalue weighted by molar-refractivity contribution is 6.79. The monoisotopic (exact) mass is 370 g/mol. The number of esters is 2. The van der Waals surface area contributed by atoms with Crippen molar-refractivity contribution in [2.75, 3.05) is 13.2 Å². The average Bonchev–Trinajstić information content (AvgIpc) is 2.86. The van der Waals surface area contributed by atoms with Crippen molar-refractivity contribution in [2.24, 2.45) is 23.2 Å². The van der Waals surface area contributed by atoms with Gasteiger partial charge in [0.1, 0.15) is 0 Å². The molecule has 0 bridgehead atoms. The Kier molecular flexibility index (Phi) is 8.17. The van der Waals surface area contributed by atoms with Crippen molar-refractivity contribution >= 4 is 20.0 Å². The summed E-state index contributed by atoms with van der Waals surface area (Å²) >= 11 is 0. The van der Waals surface area contributed by atoms with Crippen LogP contribution < -0.4 is 0 Å². The minimum Gasteiger partial charge on any atom is -0.465 e. The fourth-order valence-corrected chi connectivity index (χ4v) is 8.78. The molecule has 1 aliphatic carbocycles. The molecular formula is C20H38O4Si. The number of hydrogen-bond acceptors (Lipinski definition) is 4. The number of hydrogen-bond donors (Lipinski definition) is 0. The lowest BCUT2D eigenvalue weighted by molar-refractivity contribution is -0.175. The third kappa shape index (κ3) is 4.12. The molecule has 1 aliphatic rings. The van der Waals surface area contributed by atoms with E-state index in [1.54, 1.807) is 13.8 Å². The van der Waals surface area contributed by atoms with Crippen LogP contribution in [0.5, 0.6) is 0 Å². The van der Waals surface area contributed by atoms with Crippen LogP contribution in [-0.4, -0.2) is 33.2 Å². The normalized spacial score (nSPS) is 25.6. The maximum absolute atomic E-state index is 12.8. The second-order valence-corrected chi connectivity index (χ2v) is 13.3. The van der Waals surface area contributed by atoms with Crippen molar-refractivity contribution in [2.45, 2.75) is 79.1 Å². The molecule has 3 atom stereocenters. The molecule has 0 aromatic carbocycles. The Morgan fingerprint density at radius 3 is 1.72 bits per heavy atom. The molecule has 0 heterocycles. The number of carbonyl (C=O) groups is 2. The fourth-order valence-electron chi connectivity index (χ4n) is 4.78. The number of ether oxygens (including phenoxy) is 2. The van der Waals surface area contributed by atoms with Gasteiger partial charge in [0.2, 0.25) is 0 Å². The lowest BCUT2D eigenvalue weighted by Crippen LogP contribution is -2.45. The summed E-state index contributed by atoms with van der Waals surface area (Å²) in [5.41, 5.74) is -1.12. The summed E-state index contributed by atoms with van der Waals surface area (Å²) in [5, 5.41) is 0. The molecule has 146 valence electrons. The van der Waals surface area contributed by atoms with Gasteiger partial charge >= 0.3 is 11.9 Å². The van der Waals surface area contributed by atoms with Gasteiger partial charge in [-0.15, -0.1) is 0 Å². The molecule has 5 heteroatoms. The Morgan fingerprint density at radius 2 is 1.36 bits per heavy atom. The van der Waals surface area contributed by atoms with Crippen molar-refractivity contribution in [3.8, 4) is 0 Å². The van der Waals surface area contributed by atoms with Gasteiger partial charge in [-0.3, -0.25) is 9.59 Å². The fraction of sp³-hybridized carbons (Fsp3) is 0.900. The molecule has 4 nitrogen and oxygen atoms in total. The first-order valence-corrected chi connectivity index (χ1v) is 13.0. The van der Waals surface area contributed by atoms with Gasteiger partial charge in [0.25, 0.3) is 0 Å². The highest BCUT2D eigenvalue weighted by Crippen LogP contribution is 2.54. The van der Waals surface area contributed by atoms with Crippen molar-refractivity contribution in [1.82, 2.24) is 0 Å². The number of carbonyl (C=O) groups excluding carboxylic acids is 2. The van der Waals surface area contributed by atoms with Crippen LogP contribution in [0.2, 0.25) is 24.2 Å². The molecule has 1 rings (SSSR count). The number of rotatable bonds is 9. The molecule has 0 spiro atoms. The second kappa shape index (κ2) is 9.20. The van der Waals surface area contributed by atoms with E-state index < -0.39 is 13.5 Å². The van der Waals surface area contributed by atoms with E-state index in [0.29, 0.717) is 31.5 Å². The maximum atomic E-state index is 12.8. The topological polar surface area (TPSA) is 52.6 Å². The SMILES string of the molecule is CCOC(=O)C1(C(=O)OCC)C[C@@H](C[Si](CC)(CC)CC)[C@H](C)C1C. The van der Waals surface area contributed by atoms with Crippen molar-refractivity contribution < 1.29 is 19.1 Å². The molecule has 0 saturated heterocycles. The lowest BCUT2D eigenvalue weighted by atomic mass is 9.76. The minimum atomic E-state index is -1.33. The summed E-state index contributed by atoms with van der Waals surface area (Å²) in [6.45, 7) is 15.3. The van der Waals surface area contributed by atoms with Gasteiger partial charge in [-0.1, -0.05) is 58.8 Å². The summed E-state index contributed by atoms with van der Waals surface area (Å²) in [4.78, 5) is 25.7. The van der Waals surface area contributed by atoms with E-state index in [0.717, 1.165) is 0 Å². The third-order valence-corrected chi connectivity index (χ3v) is 13.0. The van der Waals surface area contributed by atoms with Gasteiger partial charge < -0.3 is 9.47 Å². The van der Waals surface area contributed by atoms with Crippen LogP contribution in [0.15, 0.2) is 0 Å². The van der Waals surface area contributed by atoms with Crippen LogP contribution in [0, 0.1) is 23.2 Å². The Labute approximate surface area is 155 Å². The van der Waals surface area contributed by atoms with Crippen molar-refractivity contribution in [1.29, 1.82) is 0 Å². The Morgan fingerprint density at radius 1 is 0.920 bits per heavy atom. The van der Waals surface area contributed by atoms with Crippen LogP contribution in [0.25, 0.3) is 0 Å². The zero-order valence-electron chi connectivity index (χ0n) is 17.3. The predicted molar refractivity (Wildman–Crippen MR) is 104 cm³/mol. The van der Waals surface area contributed by atoms with Crippen LogP contribution in [0.3, 0.4) is 0 Å². The zero-order valence-corrected chi connectivity index (χ0v) is 18.3. The molecule has 0 radical (unpaired) electrons. The molecule has 0 aliphatic heterocycles. The van der Waals surface area contributed by atoms with Crippen molar-refractivity contribution in [3.05, 3.63) is 0 Å². The molecule has 1 unspecified atom stereocenters. The molecule has 0 aromatic heterocycles. The highest BCUT2D eigenvalue weighted by atomic mass is 28.3. The lowest BCUT2D eigenvalue weighted by Gasteiger charge is -2.33. The van der Waals surface area contributed by atoms with Gasteiger partial charge in [-0.25, -0.2) is 0 Å². The van der Waals surface area contributed by atoms with Gasteiger partial charge in [-0.2, -0.15) is 0 Å². The largest absolute Gasteiger partial charge is 0.465 e. The van der Waals surface area contributed by atoms with E-state index in [2.05, 4.69) is 27.7 Å². The van der Waals surface area contributed by atoms with E-state index in [1.807, 2.05) is 6.92 Å². The average molecular weight is 371 g/mol. The Hall–Kier alpha value is -0.843. The van der Waals surface area contributed by atoms with Gasteiger partial charge in [0.05, 0.1) is 21.3 Å². The maximum Gasteiger partial charge on any atom is 0.323 e. The molecule has 0 amide bonds. The van der Waals surface area contributed by atoms with Crippen molar-refractivity contribution in [3.63, 3.8) is 0 Å². The molecule has 0 N–H and O–H groups in total. The quantitative estimate of drug-likeness (QED) is 0.329. The van der Waals surface area contributed by atoms with Crippen LogP contribution >= 0.6 is 0 Å². The molecular weight excluding hydrogens is 332 g/mol. The highest BCUT2D eigenvalue weighted by Gasteiger charge is 2.61. The van der Waals surface area contributed by atoms with E-state index in [4.69, 9.17) is 9.47 Å². The molecule has 25 heavy (non-hydrogen) atoms. The first kappa shape index (κ1) is 22.2. The summed E-state index contributed by atoms with van der Waals surface area (Å²) in [6.07, 6.45) is 0.585. The van der Waals surface area contributed by atoms with Crippen LogP contribution in [-0.2, 0) is 19.1 Å². The molecule has 1 saturated carbocycles. The molecule has 0 aromatic rings. The second-order valence-electron chi connectivity index (χ2n) is 7.79. The first-order valence-electron chi connectivity index (χ1n) is 10.1. The summed E-state index contributed by atoms with van der Waals surface area (Å²) < 4.78 is 10.7. The molecule has 1 fully saturated rings. The van der Waals surface area contributed by atoms with Crippen LogP contribution in [0.4, 0.5) is 0 Å². The van der Waals surface area contributed by atoms with Gasteiger partial charge in [0, 0.05) is 0 Å².